The van der Waals surface area contributed by atoms with Gasteiger partial charge in [0, 0.05) is 12.2 Å². The topological polar surface area (TPSA) is 117 Å². The van der Waals surface area contributed by atoms with Gasteiger partial charge in [-0.05, 0) is 66.6 Å². The maximum absolute atomic E-state index is 14.4. The van der Waals surface area contributed by atoms with E-state index < -0.39 is 11.9 Å². The van der Waals surface area contributed by atoms with Crippen molar-refractivity contribution in [3.63, 3.8) is 0 Å². The van der Waals surface area contributed by atoms with Gasteiger partial charge in [-0.3, -0.25) is 9.59 Å². The number of ether oxygens (including phenoxy) is 4. The number of carbonyl (C=O) groups is 2. The molecule has 0 bridgehead atoms. The number of amides is 2. The number of carbonyl (C=O) groups excluding carboxylic acids is 2. The SMILES string of the molecule is COc1ccc(NC(=O)C(c2cc(OC)c(OC)c(OC)c2)N(Cc2ccc(C)cc2)C(=O)Cn2nnc3ccccc32)cc1. The zero-order valence-electron chi connectivity index (χ0n) is 25.8. The third-order valence-electron chi connectivity index (χ3n) is 7.42. The number of hydrogen-bond donors (Lipinski definition) is 1. The quantitative estimate of drug-likeness (QED) is 0.206. The monoisotopic (exact) mass is 609 g/mol. The van der Waals surface area contributed by atoms with Gasteiger partial charge in [0.25, 0.3) is 5.91 Å². The van der Waals surface area contributed by atoms with Crippen molar-refractivity contribution >= 4 is 28.5 Å². The number of benzene rings is 4. The van der Waals surface area contributed by atoms with E-state index in [-0.39, 0.29) is 19.0 Å². The number of anilines is 1. The summed E-state index contributed by atoms with van der Waals surface area (Å²) in [6, 6.07) is 24.4. The standard InChI is InChI=1S/C34H35N5O6/c1-22-10-12-23(13-11-22)20-38(31(40)21-39-28-9-7-6-8-27(28)36-37-39)32(34(41)35-25-14-16-26(42-2)17-15-25)24-18-29(43-3)33(45-5)30(19-24)44-4/h6-19,32H,20-21H2,1-5H3,(H,35,41). The van der Waals surface area contributed by atoms with Crippen LogP contribution in [0, 0.1) is 6.92 Å². The van der Waals surface area contributed by atoms with Crippen LogP contribution in [0.15, 0.2) is 84.9 Å². The molecule has 1 N–H and O–H groups in total. The third-order valence-corrected chi connectivity index (χ3v) is 7.42. The first-order chi connectivity index (χ1) is 21.8. The largest absolute Gasteiger partial charge is 0.497 e. The average Bonchev–Trinajstić information content (AvgIpc) is 3.47. The predicted molar refractivity (Wildman–Crippen MR) is 170 cm³/mol. The number of hydrogen-bond acceptors (Lipinski definition) is 8. The first-order valence-electron chi connectivity index (χ1n) is 14.2. The summed E-state index contributed by atoms with van der Waals surface area (Å²) >= 11 is 0. The minimum absolute atomic E-state index is 0.128. The van der Waals surface area contributed by atoms with E-state index in [1.165, 1.54) is 30.9 Å². The Hall–Kier alpha value is -5.58. The lowest BCUT2D eigenvalue weighted by molar-refractivity contribution is -0.140. The first-order valence-corrected chi connectivity index (χ1v) is 14.2. The molecule has 232 valence electrons. The van der Waals surface area contributed by atoms with Crippen molar-refractivity contribution in [3.8, 4) is 23.0 Å². The second-order valence-electron chi connectivity index (χ2n) is 10.3. The van der Waals surface area contributed by atoms with Crippen molar-refractivity contribution in [2.45, 2.75) is 26.1 Å². The molecule has 1 heterocycles. The second kappa shape index (κ2) is 13.8. The maximum Gasteiger partial charge on any atom is 0.251 e. The van der Waals surface area contributed by atoms with E-state index in [0.29, 0.717) is 45.3 Å². The van der Waals surface area contributed by atoms with Crippen LogP contribution in [-0.2, 0) is 22.7 Å². The van der Waals surface area contributed by atoms with Crippen molar-refractivity contribution in [1.82, 2.24) is 19.9 Å². The van der Waals surface area contributed by atoms with E-state index in [4.69, 9.17) is 18.9 Å². The van der Waals surface area contributed by atoms with Crippen molar-refractivity contribution < 1.29 is 28.5 Å². The van der Waals surface area contributed by atoms with Gasteiger partial charge < -0.3 is 29.2 Å². The summed E-state index contributed by atoms with van der Waals surface area (Å²) in [5, 5.41) is 11.4. The number of para-hydroxylation sites is 1. The lowest BCUT2D eigenvalue weighted by atomic mass is 10.0. The molecule has 4 aromatic carbocycles. The van der Waals surface area contributed by atoms with Gasteiger partial charge in [0.05, 0.1) is 34.0 Å². The molecule has 0 aliphatic rings. The molecule has 2 amide bonds. The van der Waals surface area contributed by atoms with Gasteiger partial charge in [-0.15, -0.1) is 5.10 Å². The lowest BCUT2D eigenvalue weighted by Crippen LogP contribution is -2.42. The molecule has 45 heavy (non-hydrogen) atoms. The number of fused-ring (bicyclic) bond motifs is 1. The number of nitrogens with zero attached hydrogens (tertiary/aromatic N) is 4. The highest BCUT2D eigenvalue weighted by Gasteiger charge is 2.34. The number of rotatable bonds is 12. The summed E-state index contributed by atoms with van der Waals surface area (Å²) in [6.45, 7) is 1.97. The highest BCUT2D eigenvalue weighted by atomic mass is 16.5. The van der Waals surface area contributed by atoms with E-state index in [1.54, 1.807) is 43.5 Å². The van der Waals surface area contributed by atoms with Gasteiger partial charge in [0.2, 0.25) is 11.7 Å². The molecule has 0 aliphatic heterocycles. The van der Waals surface area contributed by atoms with Crippen LogP contribution in [0.5, 0.6) is 23.0 Å². The zero-order chi connectivity index (χ0) is 31.9. The number of aromatic nitrogens is 3. The predicted octanol–water partition coefficient (Wildman–Crippen LogP) is 5.18. The number of nitrogens with one attached hydrogen (secondary N) is 1. The highest BCUT2D eigenvalue weighted by Crippen LogP contribution is 2.41. The fraction of sp³-hybridized carbons (Fsp3) is 0.235. The first kappa shape index (κ1) is 30.9. The zero-order valence-corrected chi connectivity index (χ0v) is 25.8. The molecule has 0 aliphatic carbocycles. The number of methoxy groups -OCH3 is 4. The van der Waals surface area contributed by atoms with Crippen molar-refractivity contribution in [2.75, 3.05) is 33.8 Å². The smallest absolute Gasteiger partial charge is 0.251 e. The van der Waals surface area contributed by atoms with E-state index in [1.807, 2.05) is 55.5 Å². The Kier molecular flexibility index (Phi) is 9.47. The van der Waals surface area contributed by atoms with Crippen LogP contribution in [-0.4, -0.2) is 60.1 Å². The fourth-order valence-corrected chi connectivity index (χ4v) is 5.08. The lowest BCUT2D eigenvalue weighted by Gasteiger charge is -2.32. The molecule has 0 radical (unpaired) electrons. The molecule has 0 fully saturated rings. The molecular formula is C34H35N5O6. The molecule has 11 nitrogen and oxygen atoms in total. The van der Waals surface area contributed by atoms with Gasteiger partial charge in [0.15, 0.2) is 11.5 Å². The van der Waals surface area contributed by atoms with E-state index in [2.05, 4.69) is 15.6 Å². The molecule has 5 aromatic rings. The molecule has 5 rings (SSSR count). The van der Waals surface area contributed by atoms with Crippen LogP contribution < -0.4 is 24.3 Å². The van der Waals surface area contributed by atoms with Gasteiger partial charge in [0.1, 0.15) is 23.9 Å². The summed E-state index contributed by atoms with van der Waals surface area (Å²) in [7, 11) is 6.07. The van der Waals surface area contributed by atoms with Crippen molar-refractivity contribution in [1.29, 1.82) is 0 Å². The Bertz CT molecular complexity index is 1760. The Morgan fingerprint density at radius 3 is 2.13 bits per heavy atom. The summed E-state index contributed by atoms with van der Waals surface area (Å²) in [5.74, 6) is 0.903. The molecule has 0 saturated heterocycles. The normalized spacial score (nSPS) is 11.5. The maximum atomic E-state index is 14.4. The van der Waals surface area contributed by atoms with Crippen LogP contribution in [0.3, 0.4) is 0 Å². The van der Waals surface area contributed by atoms with E-state index in [9.17, 15) is 9.59 Å². The average molecular weight is 610 g/mol. The molecule has 0 saturated carbocycles. The van der Waals surface area contributed by atoms with E-state index >= 15 is 0 Å². The van der Waals surface area contributed by atoms with Crippen LogP contribution in [0.2, 0.25) is 0 Å². The van der Waals surface area contributed by atoms with Crippen LogP contribution in [0.4, 0.5) is 5.69 Å². The van der Waals surface area contributed by atoms with Gasteiger partial charge in [-0.2, -0.15) is 0 Å². The summed E-state index contributed by atoms with van der Waals surface area (Å²) in [6.07, 6.45) is 0. The van der Waals surface area contributed by atoms with Crippen LogP contribution in [0.25, 0.3) is 11.0 Å². The Balaban J connectivity index is 1.63. The molecule has 1 unspecified atom stereocenters. The van der Waals surface area contributed by atoms with Crippen molar-refractivity contribution in [3.05, 3.63) is 102 Å². The Morgan fingerprint density at radius 1 is 0.844 bits per heavy atom. The van der Waals surface area contributed by atoms with Gasteiger partial charge in [-0.25, -0.2) is 4.68 Å². The van der Waals surface area contributed by atoms with Crippen molar-refractivity contribution in [2.24, 2.45) is 0 Å². The minimum atomic E-state index is -1.12. The van der Waals surface area contributed by atoms with Gasteiger partial charge >= 0.3 is 0 Å². The second-order valence-corrected chi connectivity index (χ2v) is 10.3. The minimum Gasteiger partial charge on any atom is -0.497 e. The molecular weight excluding hydrogens is 574 g/mol. The Labute approximate surface area is 261 Å². The van der Waals surface area contributed by atoms with E-state index in [0.717, 1.165) is 11.1 Å². The van der Waals surface area contributed by atoms with Gasteiger partial charge in [-0.1, -0.05) is 47.2 Å². The summed E-state index contributed by atoms with van der Waals surface area (Å²) in [5.41, 5.74) is 4.26. The third kappa shape index (κ3) is 6.82. The molecule has 1 aromatic heterocycles. The Morgan fingerprint density at radius 2 is 1.51 bits per heavy atom. The molecule has 0 spiro atoms. The van der Waals surface area contributed by atoms with Crippen LogP contribution in [0.1, 0.15) is 22.7 Å². The highest BCUT2D eigenvalue weighted by molar-refractivity contribution is 5.98. The molecule has 1 atom stereocenters. The summed E-state index contributed by atoms with van der Waals surface area (Å²) < 4.78 is 23.6. The number of aryl methyl sites for hydroxylation is 1. The fourth-order valence-electron chi connectivity index (χ4n) is 5.08. The van der Waals surface area contributed by atoms with Crippen LogP contribution >= 0.6 is 0 Å². The summed E-state index contributed by atoms with van der Waals surface area (Å²) in [4.78, 5) is 30.2. The molecule has 11 heteroatoms.